The monoisotopic (exact) mass is 264 g/mol. The minimum absolute atomic E-state index is 0.228. The number of rotatable bonds is 4. The van der Waals surface area contributed by atoms with Crippen LogP contribution in [-0.4, -0.2) is 31.3 Å². The van der Waals surface area contributed by atoms with Crippen LogP contribution in [0.25, 0.3) is 11.4 Å². The Morgan fingerprint density at radius 1 is 1.53 bits per heavy atom. The molecule has 0 spiro atoms. The number of aliphatic carboxylic acids is 1. The van der Waals surface area contributed by atoms with Crippen molar-refractivity contribution in [2.45, 2.75) is 25.8 Å². The Hall–Kier alpha value is -2.31. The largest absolute Gasteiger partial charge is 0.479 e. The maximum absolute atomic E-state index is 13.2. The minimum Gasteiger partial charge on any atom is -0.479 e. The molecular formula is C12H13FN4O2. The van der Waals surface area contributed by atoms with E-state index in [0.717, 1.165) is 0 Å². The second-order valence-electron chi connectivity index (χ2n) is 4.36. The van der Waals surface area contributed by atoms with Crippen molar-refractivity contribution in [3.8, 4) is 11.4 Å². The lowest BCUT2D eigenvalue weighted by Gasteiger charge is -2.23. The van der Waals surface area contributed by atoms with Gasteiger partial charge in [-0.1, -0.05) is 19.1 Å². The Morgan fingerprint density at radius 3 is 2.84 bits per heavy atom. The van der Waals surface area contributed by atoms with Crippen LogP contribution in [0, 0.1) is 5.82 Å². The fourth-order valence-electron chi connectivity index (χ4n) is 1.72. The van der Waals surface area contributed by atoms with Gasteiger partial charge < -0.3 is 5.11 Å². The van der Waals surface area contributed by atoms with Crippen LogP contribution in [-0.2, 0) is 10.3 Å². The van der Waals surface area contributed by atoms with Gasteiger partial charge in [-0.2, -0.15) is 0 Å². The van der Waals surface area contributed by atoms with E-state index in [1.54, 1.807) is 13.0 Å². The predicted octanol–water partition coefficient (Wildman–Crippen LogP) is 1.69. The third-order valence-corrected chi connectivity index (χ3v) is 3.17. The number of hydrogen-bond acceptors (Lipinski definition) is 4. The summed E-state index contributed by atoms with van der Waals surface area (Å²) in [6.07, 6.45) is 0.301. The third kappa shape index (κ3) is 2.18. The second kappa shape index (κ2) is 4.75. The van der Waals surface area contributed by atoms with Gasteiger partial charge >= 0.3 is 5.97 Å². The van der Waals surface area contributed by atoms with Gasteiger partial charge in [0.25, 0.3) is 0 Å². The minimum atomic E-state index is -1.27. The highest BCUT2D eigenvalue weighted by Gasteiger charge is 2.37. The zero-order valence-corrected chi connectivity index (χ0v) is 10.5. The number of carboxylic acids is 1. The van der Waals surface area contributed by atoms with Gasteiger partial charge in [0.15, 0.2) is 11.4 Å². The molecule has 2 rings (SSSR count). The Labute approximate surface area is 108 Å². The summed E-state index contributed by atoms with van der Waals surface area (Å²) in [6.45, 7) is 3.25. The zero-order valence-electron chi connectivity index (χ0n) is 10.5. The van der Waals surface area contributed by atoms with Crippen LogP contribution in [0.5, 0.6) is 0 Å². The smallest absolute Gasteiger partial charge is 0.331 e. The number of aromatic nitrogens is 4. The summed E-state index contributed by atoms with van der Waals surface area (Å²) in [5.74, 6) is -1.24. The summed E-state index contributed by atoms with van der Waals surface area (Å²) >= 11 is 0. The number of hydrogen-bond donors (Lipinski definition) is 1. The molecule has 0 amide bonds. The Bertz CT molecular complexity index is 613. The van der Waals surface area contributed by atoms with Crippen LogP contribution in [0.1, 0.15) is 20.3 Å². The highest BCUT2D eigenvalue weighted by atomic mass is 19.1. The first-order chi connectivity index (χ1) is 8.99. The van der Waals surface area contributed by atoms with E-state index in [-0.39, 0.29) is 5.82 Å². The van der Waals surface area contributed by atoms with Gasteiger partial charge in [-0.05, 0) is 35.9 Å². The fourth-order valence-corrected chi connectivity index (χ4v) is 1.72. The molecule has 2 aromatic rings. The molecule has 19 heavy (non-hydrogen) atoms. The summed E-state index contributed by atoms with van der Waals surface area (Å²) in [7, 11) is 0. The average Bonchev–Trinajstić information content (AvgIpc) is 2.87. The molecule has 1 atom stereocenters. The molecule has 1 unspecified atom stereocenters. The van der Waals surface area contributed by atoms with E-state index >= 15 is 0 Å². The normalized spacial score (nSPS) is 14.1. The van der Waals surface area contributed by atoms with Crippen LogP contribution in [0.4, 0.5) is 4.39 Å². The standard InChI is InChI=1S/C12H13FN4O2/c1-3-12(2,11(18)19)17-10(14-15-16-17)8-5-4-6-9(13)7-8/h4-7H,3H2,1-2H3,(H,18,19). The molecule has 0 fully saturated rings. The zero-order chi connectivity index (χ0) is 14.0. The fraction of sp³-hybridized carbons (Fsp3) is 0.333. The summed E-state index contributed by atoms with van der Waals surface area (Å²) < 4.78 is 14.4. The molecule has 7 heteroatoms. The van der Waals surface area contributed by atoms with E-state index in [0.29, 0.717) is 12.0 Å². The van der Waals surface area contributed by atoms with E-state index < -0.39 is 17.3 Å². The second-order valence-corrected chi connectivity index (χ2v) is 4.36. The third-order valence-electron chi connectivity index (χ3n) is 3.17. The number of tetrazole rings is 1. The van der Waals surface area contributed by atoms with E-state index in [4.69, 9.17) is 0 Å². The van der Waals surface area contributed by atoms with Gasteiger partial charge in [-0.15, -0.1) is 5.10 Å². The van der Waals surface area contributed by atoms with Crippen LogP contribution in [0.3, 0.4) is 0 Å². The highest BCUT2D eigenvalue weighted by Crippen LogP contribution is 2.26. The highest BCUT2D eigenvalue weighted by molar-refractivity contribution is 5.77. The van der Waals surface area contributed by atoms with Crippen molar-refractivity contribution in [1.29, 1.82) is 0 Å². The molecule has 0 saturated carbocycles. The van der Waals surface area contributed by atoms with Gasteiger partial charge in [-0.3, -0.25) is 0 Å². The summed E-state index contributed by atoms with van der Waals surface area (Å²) in [5, 5.41) is 20.4. The van der Waals surface area contributed by atoms with Crippen LogP contribution in [0.2, 0.25) is 0 Å². The molecule has 100 valence electrons. The van der Waals surface area contributed by atoms with Gasteiger partial charge in [0, 0.05) is 5.56 Å². The number of carbonyl (C=O) groups is 1. The molecule has 1 N–H and O–H groups in total. The number of nitrogens with zero attached hydrogens (tertiary/aromatic N) is 4. The van der Waals surface area contributed by atoms with Crippen molar-refractivity contribution in [3.63, 3.8) is 0 Å². The van der Waals surface area contributed by atoms with Crippen molar-refractivity contribution in [2.24, 2.45) is 0 Å². The van der Waals surface area contributed by atoms with Crippen molar-refractivity contribution >= 4 is 5.97 Å². The Kier molecular flexibility index (Phi) is 3.28. The van der Waals surface area contributed by atoms with E-state index in [1.165, 1.54) is 29.8 Å². The number of carboxylic acid groups (broad SMARTS) is 1. The topological polar surface area (TPSA) is 80.9 Å². The quantitative estimate of drug-likeness (QED) is 0.908. The lowest BCUT2D eigenvalue weighted by molar-refractivity contribution is -0.147. The molecule has 1 heterocycles. The lowest BCUT2D eigenvalue weighted by Crippen LogP contribution is -2.39. The van der Waals surface area contributed by atoms with Gasteiger partial charge in [0.1, 0.15) is 5.82 Å². The molecule has 0 aliphatic heterocycles. The van der Waals surface area contributed by atoms with Gasteiger partial charge in [0.05, 0.1) is 0 Å². The maximum Gasteiger partial charge on any atom is 0.331 e. The molecule has 0 aliphatic carbocycles. The SMILES string of the molecule is CCC(C)(C(=O)O)n1nnnc1-c1cccc(F)c1. The summed E-state index contributed by atoms with van der Waals surface area (Å²) in [4.78, 5) is 11.4. The molecular weight excluding hydrogens is 251 g/mol. The molecule has 0 saturated heterocycles. The molecule has 1 aromatic heterocycles. The van der Waals surface area contributed by atoms with Crippen LogP contribution >= 0.6 is 0 Å². The number of benzene rings is 1. The van der Waals surface area contributed by atoms with E-state index in [1.807, 2.05) is 0 Å². The van der Waals surface area contributed by atoms with Crippen molar-refractivity contribution in [1.82, 2.24) is 20.2 Å². The first-order valence-electron chi connectivity index (χ1n) is 5.77. The number of halogens is 1. The summed E-state index contributed by atoms with van der Waals surface area (Å²) in [6, 6.07) is 5.71. The van der Waals surface area contributed by atoms with Crippen LogP contribution in [0.15, 0.2) is 24.3 Å². The average molecular weight is 264 g/mol. The molecule has 0 bridgehead atoms. The summed E-state index contributed by atoms with van der Waals surface area (Å²) in [5.41, 5.74) is -0.837. The molecule has 1 aromatic carbocycles. The molecule has 6 nitrogen and oxygen atoms in total. The molecule has 0 aliphatic rings. The van der Waals surface area contributed by atoms with E-state index in [2.05, 4.69) is 15.5 Å². The Morgan fingerprint density at radius 2 is 2.26 bits per heavy atom. The Balaban J connectivity index is 2.57. The predicted molar refractivity (Wildman–Crippen MR) is 64.8 cm³/mol. The first kappa shape index (κ1) is 13.1. The lowest BCUT2D eigenvalue weighted by atomic mass is 9.99. The van der Waals surface area contributed by atoms with Crippen molar-refractivity contribution in [2.75, 3.05) is 0 Å². The van der Waals surface area contributed by atoms with Crippen molar-refractivity contribution < 1.29 is 14.3 Å². The first-order valence-corrected chi connectivity index (χ1v) is 5.77. The molecule has 0 radical (unpaired) electrons. The van der Waals surface area contributed by atoms with Gasteiger partial charge in [-0.25, -0.2) is 13.9 Å². The maximum atomic E-state index is 13.2. The van der Waals surface area contributed by atoms with Crippen LogP contribution < -0.4 is 0 Å². The van der Waals surface area contributed by atoms with Crippen molar-refractivity contribution in [3.05, 3.63) is 30.1 Å². The van der Waals surface area contributed by atoms with Gasteiger partial charge in [0.2, 0.25) is 0 Å². The van der Waals surface area contributed by atoms with E-state index in [9.17, 15) is 14.3 Å².